The van der Waals surface area contributed by atoms with E-state index in [-0.39, 0.29) is 10.6 Å². The molecule has 1 heterocycles. The van der Waals surface area contributed by atoms with Gasteiger partial charge < -0.3 is 0 Å². The fourth-order valence-electron chi connectivity index (χ4n) is 0.739. The van der Waals surface area contributed by atoms with Gasteiger partial charge in [0.25, 0.3) is 0 Å². The fraction of sp³-hybridized carbons (Fsp3) is 0.333. The fourth-order valence-corrected chi connectivity index (χ4v) is 2.39. The van der Waals surface area contributed by atoms with Crippen LogP contribution in [-0.2, 0) is 10.0 Å². The van der Waals surface area contributed by atoms with Crippen molar-refractivity contribution in [1.82, 2.24) is 4.37 Å². The second kappa shape index (κ2) is 3.32. The number of aryl methyl sites for hydroxylation is 1. The highest BCUT2D eigenvalue weighted by Crippen LogP contribution is 2.23. The highest BCUT2D eigenvalue weighted by molar-refractivity contribution is 7.92. The first kappa shape index (κ1) is 9.95. The minimum Gasteiger partial charge on any atom is -0.272 e. The summed E-state index contributed by atoms with van der Waals surface area (Å²) in [4.78, 5) is 0. The molecule has 0 fully saturated rings. The van der Waals surface area contributed by atoms with Crippen LogP contribution < -0.4 is 4.72 Å². The van der Waals surface area contributed by atoms with Gasteiger partial charge in [0.2, 0.25) is 10.0 Å². The molecule has 70 valence electrons. The van der Waals surface area contributed by atoms with E-state index in [0.717, 1.165) is 17.8 Å². The normalized spacial score (nSPS) is 10.8. The molecule has 0 atom stereocenters. The molecule has 0 saturated heterocycles. The number of nitrogens with one attached hydrogen (secondary N) is 1. The molecule has 0 aromatic carbocycles. The molecule has 1 rings (SSSR count). The molecule has 7 heteroatoms. The van der Waals surface area contributed by atoms with Crippen molar-refractivity contribution in [1.29, 1.82) is 5.26 Å². The predicted octanol–water partition coefficient (Wildman–Crippen LogP) is 0.695. The smallest absolute Gasteiger partial charge is 0.230 e. The highest BCUT2D eigenvalue weighted by atomic mass is 32.2. The van der Waals surface area contributed by atoms with E-state index in [0.29, 0.717) is 5.69 Å². The van der Waals surface area contributed by atoms with Crippen molar-refractivity contribution in [3.05, 3.63) is 11.3 Å². The first-order valence-corrected chi connectivity index (χ1v) is 5.94. The Morgan fingerprint density at radius 2 is 2.23 bits per heavy atom. The molecule has 1 aromatic heterocycles. The number of aromatic nitrogens is 1. The van der Waals surface area contributed by atoms with Gasteiger partial charge in [0, 0.05) is 0 Å². The Labute approximate surface area is 80.2 Å². The summed E-state index contributed by atoms with van der Waals surface area (Å²) in [6.07, 6.45) is 1.03. The Bertz CT molecular complexity index is 455. The number of hydrogen-bond donors (Lipinski definition) is 1. The molecule has 0 aliphatic heterocycles. The number of sulfonamides is 1. The zero-order valence-corrected chi connectivity index (χ0v) is 8.66. The molecule has 0 aliphatic carbocycles. The summed E-state index contributed by atoms with van der Waals surface area (Å²) in [6.45, 7) is 1.66. The summed E-state index contributed by atoms with van der Waals surface area (Å²) in [7, 11) is -3.33. The Hall–Kier alpha value is -1.13. The summed E-state index contributed by atoms with van der Waals surface area (Å²) in [6, 6.07) is 1.89. The van der Waals surface area contributed by atoms with Crippen LogP contribution in [0.3, 0.4) is 0 Å². The zero-order chi connectivity index (χ0) is 10.1. The Balaban J connectivity index is 3.11. The van der Waals surface area contributed by atoms with Gasteiger partial charge in [-0.3, -0.25) is 4.72 Å². The lowest BCUT2D eigenvalue weighted by molar-refractivity contribution is 0.607. The van der Waals surface area contributed by atoms with E-state index in [1.54, 1.807) is 6.92 Å². The second-order valence-corrected chi connectivity index (χ2v) is 4.98. The molecular formula is C6H7N3O2S2. The molecule has 0 unspecified atom stereocenters. The number of nitriles is 1. The van der Waals surface area contributed by atoms with Crippen LogP contribution in [0.15, 0.2) is 0 Å². The van der Waals surface area contributed by atoms with E-state index in [1.807, 2.05) is 6.07 Å². The first-order valence-electron chi connectivity index (χ1n) is 3.28. The van der Waals surface area contributed by atoms with Crippen LogP contribution in [0.1, 0.15) is 11.3 Å². The molecule has 0 saturated carbocycles. The van der Waals surface area contributed by atoms with E-state index in [2.05, 4.69) is 9.10 Å². The standard InChI is InChI=1S/C6H7N3O2S2/c1-4-5(3-7)6(12-8-4)9-13(2,10)11/h9H,1-2H3. The third-order valence-electron chi connectivity index (χ3n) is 1.25. The van der Waals surface area contributed by atoms with Crippen molar-refractivity contribution in [3.8, 4) is 6.07 Å². The minimum absolute atomic E-state index is 0.280. The maximum absolute atomic E-state index is 10.8. The molecule has 0 amide bonds. The van der Waals surface area contributed by atoms with E-state index in [4.69, 9.17) is 5.26 Å². The zero-order valence-electron chi connectivity index (χ0n) is 7.03. The maximum Gasteiger partial charge on any atom is 0.230 e. The van der Waals surface area contributed by atoms with Gasteiger partial charge in [-0.2, -0.15) is 9.64 Å². The molecule has 0 bridgehead atoms. The molecule has 1 aromatic rings. The van der Waals surface area contributed by atoms with Gasteiger partial charge in [0.15, 0.2) is 0 Å². The highest BCUT2D eigenvalue weighted by Gasteiger charge is 2.12. The van der Waals surface area contributed by atoms with E-state index >= 15 is 0 Å². The summed E-state index contributed by atoms with van der Waals surface area (Å²) in [5.41, 5.74) is 0.828. The Morgan fingerprint density at radius 3 is 2.69 bits per heavy atom. The van der Waals surface area contributed by atoms with Gasteiger partial charge in [-0.1, -0.05) is 0 Å². The van der Waals surface area contributed by atoms with E-state index < -0.39 is 10.0 Å². The molecular weight excluding hydrogens is 210 g/mol. The van der Waals surface area contributed by atoms with Crippen molar-refractivity contribution in [2.75, 3.05) is 11.0 Å². The van der Waals surface area contributed by atoms with Crippen molar-refractivity contribution < 1.29 is 8.42 Å². The maximum atomic E-state index is 10.8. The average molecular weight is 217 g/mol. The third kappa shape index (κ3) is 2.40. The summed E-state index contributed by atoms with van der Waals surface area (Å²) >= 11 is 0.965. The van der Waals surface area contributed by atoms with Crippen LogP contribution in [-0.4, -0.2) is 19.0 Å². The monoisotopic (exact) mass is 217 g/mol. The van der Waals surface area contributed by atoms with Crippen LogP contribution in [0.2, 0.25) is 0 Å². The number of hydrogen-bond acceptors (Lipinski definition) is 5. The van der Waals surface area contributed by atoms with Crippen molar-refractivity contribution in [2.24, 2.45) is 0 Å². The number of rotatable bonds is 2. The lowest BCUT2D eigenvalue weighted by atomic mass is 10.3. The van der Waals surface area contributed by atoms with Crippen molar-refractivity contribution in [3.63, 3.8) is 0 Å². The topological polar surface area (TPSA) is 82.8 Å². The second-order valence-electron chi connectivity index (χ2n) is 2.46. The van der Waals surface area contributed by atoms with Crippen LogP contribution in [0.5, 0.6) is 0 Å². The van der Waals surface area contributed by atoms with Gasteiger partial charge in [-0.15, -0.1) is 0 Å². The van der Waals surface area contributed by atoms with Crippen LogP contribution in [0.4, 0.5) is 5.00 Å². The summed E-state index contributed by atoms with van der Waals surface area (Å²) in [5, 5.41) is 8.95. The molecule has 5 nitrogen and oxygen atoms in total. The van der Waals surface area contributed by atoms with Crippen molar-refractivity contribution in [2.45, 2.75) is 6.92 Å². The van der Waals surface area contributed by atoms with Gasteiger partial charge in [-0.05, 0) is 18.5 Å². The quantitative estimate of drug-likeness (QED) is 0.790. The first-order chi connectivity index (χ1) is 5.94. The SMILES string of the molecule is Cc1nsc(NS(C)(=O)=O)c1C#N. The molecule has 0 aliphatic rings. The predicted molar refractivity (Wildman–Crippen MR) is 50.0 cm³/mol. The van der Waals surface area contributed by atoms with Gasteiger partial charge in [0.1, 0.15) is 16.6 Å². The van der Waals surface area contributed by atoms with Crippen LogP contribution in [0, 0.1) is 18.3 Å². The number of nitrogens with zero attached hydrogens (tertiary/aromatic N) is 2. The third-order valence-corrected chi connectivity index (χ3v) is 2.81. The van der Waals surface area contributed by atoms with E-state index in [1.165, 1.54) is 0 Å². The molecule has 1 N–H and O–H groups in total. The minimum atomic E-state index is -3.33. The van der Waals surface area contributed by atoms with E-state index in [9.17, 15) is 8.42 Å². The van der Waals surface area contributed by atoms with Crippen LogP contribution in [0.25, 0.3) is 0 Å². The summed E-state index contributed by atoms with van der Waals surface area (Å²) in [5.74, 6) is 0. The number of anilines is 1. The largest absolute Gasteiger partial charge is 0.272 e. The Morgan fingerprint density at radius 1 is 1.62 bits per heavy atom. The Kier molecular flexibility index (Phi) is 2.54. The lowest BCUT2D eigenvalue weighted by Crippen LogP contribution is -2.09. The summed E-state index contributed by atoms with van der Waals surface area (Å²) < 4.78 is 27.8. The molecule has 0 spiro atoms. The molecule has 0 radical (unpaired) electrons. The van der Waals surface area contributed by atoms with Crippen LogP contribution >= 0.6 is 11.5 Å². The van der Waals surface area contributed by atoms with Gasteiger partial charge in [-0.25, -0.2) is 8.42 Å². The molecule has 13 heavy (non-hydrogen) atoms. The lowest BCUT2D eigenvalue weighted by Gasteiger charge is -1.98. The van der Waals surface area contributed by atoms with Gasteiger partial charge >= 0.3 is 0 Å². The van der Waals surface area contributed by atoms with Gasteiger partial charge in [0.05, 0.1) is 11.9 Å². The average Bonchev–Trinajstić information content (AvgIpc) is 2.28. The van der Waals surface area contributed by atoms with Crippen molar-refractivity contribution >= 4 is 26.6 Å².